The van der Waals surface area contributed by atoms with Gasteiger partial charge in [-0.05, 0) is 42.6 Å². The molecule has 1 N–H and O–H groups in total. The molecule has 6 heteroatoms. The van der Waals surface area contributed by atoms with E-state index in [1.807, 2.05) is 41.1 Å². The lowest BCUT2D eigenvalue weighted by atomic mass is 10.1. The molecule has 0 atom stereocenters. The van der Waals surface area contributed by atoms with Crippen LogP contribution < -0.4 is 5.32 Å². The zero-order valence-corrected chi connectivity index (χ0v) is 15.5. The number of hydrogen-bond acceptors (Lipinski definition) is 2. The lowest BCUT2D eigenvalue weighted by Gasteiger charge is -2.09. The maximum absolute atomic E-state index is 13.5. The van der Waals surface area contributed by atoms with E-state index in [4.69, 9.17) is 0 Å². The second-order valence-electron chi connectivity index (χ2n) is 6.81. The third-order valence-electron chi connectivity index (χ3n) is 4.89. The Morgan fingerprint density at radius 2 is 1.86 bits per heavy atom. The van der Waals surface area contributed by atoms with Crippen molar-refractivity contribution in [2.75, 3.05) is 6.54 Å². The van der Waals surface area contributed by atoms with Crippen molar-refractivity contribution >= 4 is 33.5 Å². The summed E-state index contributed by atoms with van der Waals surface area (Å²) in [5.74, 6) is -0.446. The van der Waals surface area contributed by atoms with Gasteiger partial charge in [0.15, 0.2) is 5.78 Å². The first-order valence-electron chi connectivity index (χ1n) is 9.13. The van der Waals surface area contributed by atoms with Crippen molar-refractivity contribution in [2.45, 2.75) is 20.0 Å². The molecule has 2 heterocycles. The minimum absolute atomic E-state index is 0.0259. The molecule has 0 aliphatic rings. The molecule has 0 saturated heterocycles. The number of amides is 1. The van der Waals surface area contributed by atoms with Crippen LogP contribution in [0.15, 0.2) is 60.9 Å². The lowest BCUT2D eigenvalue weighted by Crippen LogP contribution is -2.30. The molecular weight excluding hydrogens is 357 g/mol. The summed E-state index contributed by atoms with van der Waals surface area (Å²) in [4.78, 5) is 24.2. The van der Waals surface area contributed by atoms with Crippen LogP contribution in [0.5, 0.6) is 0 Å². The fraction of sp³-hybridized carbons (Fsp3) is 0.182. The highest BCUT2D eigenvalue weighted by Crippen LogP contribution is 2.21. The SMILES string of the molecule is CC(=O)c1cn(CC(=O)NCCn2ccc3ccc(F)cc32)c2ccccc12. The van der Waals surface area contributed by atoms with Crippen molar-refractivity contribution in [3.63, 3.8) is 0 Å². The first-order valence-corrected chi connectivity index (χ1v) is 9.13. The number of nitrogens with one attached hydrogen (secondary N) is 1. The van der Waals surface area contributed by atoms with E-state index in [0.717, 1.165) is 21.8 Å². The van der Waals surface area contributed by atoms with Gasteiger partial charge in [0.1, 0.15) is 12.4 Å². The molecule has 4 rings (SSSR count). The Morgan fingerprint density at radius 3 is 2.68 bits per heavy atom. The molecule has 142 valence electrons. The van der Waals surface area contributed by atoms with E-state index in [1.165, 1.54) is 19.1 Å². The van der Waals surface area contributed by atoms with Gasteiger partial charge in [0.2, 0.25) is 5.91 Å². The van der Waals surface area contributed by atoms with E-state index < -0.39 is 0 Å². The van der Waals surface area contributed by atoms with Gasteiger partial charge in [0, 0.05) is 41.9 Å². The van der Waals surface area contributed by atoms with E-state index in [1.54, 1.807) is 16.8 Å². The number of benzene rings is 2. The van der Waals surface area contributed by atoms with E-state index in [9.17, 15) is 14.0 Å². The summed E-state index contributed by atoms with van der Waals surface area (Å²) in [6.45, 7) is 2.63. The van der Waals surface area contributed by atoms with Crippen LogP contribution in [-0.4, -0.2) is 27.4 Å². The number of aromatic nitrogens is 2. The minimum Gasteiger partial charge on any atom is -0.353 e. The summed E-state index contributed by atoms with van der Waals surface area (Å²) in [5.41, 5.74) is 2.27. The number of fused-ring (bicyclic) bond motifs is 2. The number of carbonyl (C=O) groups excluding carboxylic acids is 2. The summed E-state index contributed by atoms with van der Waals surface area (Å²) < 4.78 is 17.2. The second-order valence-corrected chi connectivity index (χ2v) is 6.81. The van der Waals surface area contributed by atoms with Crippen LogP contribution in [0, 0.1) is 5.82 Å². The number of para-hydroxylation sites is 1. The highest BCUT2D eigenvalue weighted by atomic mass is 19.1. The summed E-state index contributed by atoms with van der Waals surface area (Å²) in [5, 5.41) is 4.70. The van der Waals surface area contributed by atoms with Crippen molar-refractivity contribution in [1.29, 1.82) is 0 Å². The predicted molar refractivity (Wildman–Crippen MR) is 107 cm³/mol. The van der Waals surface area contributed by atoms with Crippen LogP contribution in [0.25, 0.3) is 21.8 Å². The summed E-state index contributed by atoms with van der Waals surface area (Å²) >= 11 is 0. The molecule has 0 aliphatic carbocycles. The molecule has 4 aromatic rings. The van der Waals surface area contributed by atoms with E-state index in [2.05, 4.69) is 5.32 Å². The van der Waals surface area contributed by atoms with Crippen molar-refractivity contribution < 1.29 is 14.0 Å². The molecule has 5 nitrogen and oxygen atoms in total. The topological polar surface area (TPSA) is 56.0 Å². The Bertz CT molecular complexity index is 1190. The number of carbonyl (C=O) groups is 2. The van der Waals surface area contributed by atoms with E-state index in [-0.39, 0.29) is 24.1 Å². The first-order chi connectivity index (χ1) is 13.5. The number of rotatable bonds is 6. The zero-order chi connectivity index (χ0) is 19.7. The third kappa shape index (κ3) is 3.41. The molecule has 1 amide bonds. The normalized spacial score (nSPS) is 11.2. The molecule has 2 aromatic heterocycles. The molecule has 0 radical (unpaired) electrons. The molecule has 28 heavy (non-hydrogen) atoms. The van der Waals surface area contributed by atoms with Gasteiger partial charge in [-0.3, -0.25) is 9.59 Å². The Morgan fingerprint density at radius 1 is 1.04 bits per heavy atom. The van der Waals surface area contributed by atoms with Gasteiger partial charge in [0.05, 0.1) is 5.52 Å². The minimum atomic E-state index is -0.280. The monoisotopic (exact) mass is 377 g/mol. The molecule has 0 spiro atoms. The van der Waals surface area contributed by atoms with Crippen LogP contribution in [-0.2, 0) is 17.9 Å². The molecule has 0 unspecified atom stereocenters. The van der Waals surface area contributed by atoms with Crippen molar-refractivity contribution in [3.05, 3.63) is 72.3 Å². The average Bonchev–Trinajstić information content (AvgIpc) is 3.24. The van der Waals surface area contributed by atoms with Crippen LogP contribution in [0.2, 0.25) is 0 Å². The second kappa shape index (κ2) is 7.31. The van der Waals surface area contributed by atoms with Gasteiger partial charge in [-0.15, -0.1) is 0 Å². The summed E-state index contributed by atoms with van der Waals surface area (Å²) in [6, 6.07) is 14.1. The van der Waals surface area contributed by atoms with Gasteiger partial charge < -0.3 is 14.5 Å². The largest absolute Gasteiger partial charge is 0.353 e. The van der Waals surface area contributed by atoms with Crippen molar-refractivity contribution in [3.8, 4) is 0 Å². The van der Waals surface area contributed by atoms with Crippen LogP contribution >= 0.6 is 0 Å². The van der Waals surface area contributed by atoms with Crippen molar-refractivity contribution in [2.24, 2.45) is 0 Å². The van der Waals surface area contributed by atoms with Crippen molar-refractivity contribution in [1.82, 2.24) is 14.5 Å². The maximum atomic E-state index is 13.5. The summed E-state index contributed by atoms with van der Waals surface area (Å²) in [7, 11) is 0. The fourth-order valence-corrected chi connectivity index (χ4v) is 3.54. The molecule has 0 saturated carbocycles. The maximum Gasteiger partial charge on any atom is 0.240 e. The number of ketones is 1. The molecular formula is C22H20FN3O2. The Balaban J connectivity index is 1.43. The number of halogens is 1. The standard InChI is InChI=1S/C22H20FN3O2/c1-15(27)19-13-26(20-5-3-2-4-18(19)20)14-22(28)24-9-11-25-10-8-16-6-7-17(23)12-21(16)25/h2-8,10,12-13H,9,11,14H2,1H3,(H,24,28). The average molecular weight is 377 g/mol. The number of nitrogens with zero attached hydrogens (tertiary/aromatic N) is 2. The lowest BCUT2D eigenvalue weighted by molar-refractivity contribution is -0.121. The number of hydrogen-bond donors (Lipinski definition) is 1. The molecule has 0 aliphatic heterocycles. The highest BCUT2D eigenvalue weighted by Gasteiger charge is 2.13. The van der Waals surface area contributed by atoms with Gasteiger partial charge >= 0.3 is 0 Å². The van der Waals surface area contributed by atoms with Crippen LogP contribution in [0.4, 0.5) is 4.39 Å². The molecule has 2 aromatic carbocycles. The van der Waals surface area contributed by atoms with Gasteiger partial charge in [0.25, 0.3) is 0 Å². The van der Waals surface area contributed by atoms with Gasteiger partial charge in [-0.25, -0.2) is 4.39 Å². The summed E-state index contributed by atoms with van der Waals surface area (Å²) in [6.07, 6.45) is 3.61. The Hall–Kier alpha value is -3.41. The Kier molecular flexibility index (Phi) is 4.69. The smallest absolute Gasteiger partial charge is 0.240 e. The predicted octanol–water partition coefficient (Wildman–Crippen LogP) is 3.75. The number of Topliss-reactive ketones (excluding diaryl/α,β-unsaturated/α-hetero) is 1. The highest BCUT2D eigenvalue weighted by molar-refractivity contribution is 6.07. The van der Waals surface area contributed by atoms with Crippen LogP contribution in [0.3, 0.4) is 0 Å². The van der Waals surface area contributed by atoms with Crippen LogP contribution in [0.1, 0.15) is 17.3 Å². The zero-order valence-electron chi connectivity index (χ0n) is 15.5. The molecule has 0 fully saturated rings. The third-order valence-corrected chi connectivity index (χ3v) is 4.89. The quantitative estimate of drug-likeness (QED) is 0.520. The van der Waals surface area contributed by atoms with Gasteiger partial charge in [-0.1, -0.05) is 18.2 Å². The van der Waals surface area contributed by atoms with E-state index >= 15 is 0 Å². The Labute approximate surface area is 161 Å². The molecule has 0 bridgehead atoms. The van der Waals surface area contributed by atoms with Gasteiger partial charge in [-0.2, -0.15) is 0 Å². The fourth-order valence-electron chi connectivity index (χ4n) is 3.54. The first kappa shape index (κ1) is 18.0. The van der Waals surface area contributed by atoms with E-state index in [0.29, 0.717) is 18.7 Å².